The Hall–Kier alpha value is -1.81. The van der Waals surface area contributed by atoms with Gasteiger partial charge in [-0.05, 0) is 30.3 Å². The van der Waals surface area contributed by atoms with Crippen LogP contribution in [0, 0.1) is 0 Å². The van der Waals surface area contributed by atoms with Crippen molar-refractivity contribution in [1.82, 2.24) is 5.16 Å². The van der Waals surface area contributed by atoms with Crippen LogP contribution in [0.15, 0.2) is 51.5 Å². The van der Waals surface area contributed by atoms with Crippen molar-refractivity contribution in [2.75, 3.05) is 5.73 Å². The van der Waals surface area contributed by atoms with Gasteiger partial charge >= 0.3 is 0 Å². The fraction of sp³-hybridized carbons (Fsp3) is 0. The fourth-order valence-corrected chi connectivity index (χ4v) is 2.26. The normalized spacial score (nSPS) is 10.9. The predicted octanol–water partition coefficient (Wildman–Crippen LogP) is 3.84. The van der Waals surface area contributed by atoms with Gasteiger partial charge in [-0.1, -0.05) is 33.2 Å². The van der Waals surface area contributed by atoms with Crippen LogP contribution in [0.2, 0.25) is 0 Å². The molecule has 0 aliphatic rings. The first-order chi connectivity index (χ1) is 8.25. The van der Waals surface area contributed by atoms with Crippen molar-refractivity contribution in [2.24, 2.45) is 0 Å². The molecule has 0 aliphatic carbocycles. The minimum absolute atomic E-state index is 0.685. The van der Waals surface area contributed by atoms with E-state index in [1.807, 2.05) is 36.4 Å². The van der Waals surface area contributed by atoms with Crippen molar-refractivity contribution < 1.29 is 4.52 Å². The first-order valence-electron chi connectivity index (χ1n) is 5.15. The average molecular weight is 289 g/mol. The van der Waals surface area contributed by atoms with Gasteiger partial charge in [-0.2, -0.15) is 0 Å². The van der Waals surface area contributed by atoms with E-state index in [1.54, 1.807) is 6.07 Å². The molecule has 0 unspecified atom stereocenters. The molecule has 0 bridgehead atoms. The van der Waals surface area contributed by atoms with Gasteiger partial charge < -0.3 is 10.3 Å². The molecule has 3 aromatic rings. The number of benzene rings is 2. The number of aromatic nitrogens is 1. The Balaban J connectivity index is 2.29. The van der Waals surface area contributed by atoms with Crippen LogP contribution < -0.4 is 5.73 Å². The van der Waals surface area contributed by atoms with E-state index in [9.17, 15) is 0 Å². The molecule has 0 atom stereocenters. The van der Waals surface area contributed by atoms with Gasteiger partial charge in [0, 0.05) is 21.1 Å². The van der Waals surface area contributed by atoms with Crippen LogP contribution in [0.1, 0.15) is 0 Å². The third-order valence-electron chi connectivity index (χ3n) is 2.62. The fourth-order valence-electron chi connectivity index (χ4n) is 1.80. The summed E-state index contributed by atoms with van der Waals surface area (Å²) in [5.41, 5.74) is 8.16. The van der Waals surface area contributed by atoms with Crippen LogP contribution in [0.5, 0.6) is 0 Å². The first kappa shape index (κ1) is 10.4. The zero-order valence-electron chi connectivity index (χ0n) is 8.85. The zero-order valence-corrected chi connectivity index (χ0v) is 10.4. The summed E-state index contributed by atoms with van der Waals surface area (Å²) in [6.45, 7) is 0. The molecule has 2 N–H and O–H groups in total. The van der Waals surface area contributed by atoms with Crippen molar-refractivity contribution in [3.63, 3.8) is 0 Å². The molecular weight excluding hydrogens is 280 g/mol. The Labute approximate surface area is 106 Å². The minimum Gasteiger partial charge on any atom is -0.399 e. The Bertz CT molecular complexity index is 691. The lowest BCUT2D eigenvalue weighted by atomic mass is 10.1. The molecule has 4 heteroatoms. The van der Waals surface area contributed by atoms with Crippen LogP contribution in [-0.2, 0) is 0 Å². The van der Waals surface area contributed by atoms with Crippen molar-refractivity contribution in [3.8, 4) is 11.3 Å². The third kappa shape index (κ3) is 1.70. The van der Waals surface area contributed by atoms with E-state index in [2.05, 4.69) is 21.1 Å². The number of rotatable bonds is 1. The molecule has 0 saturated carbocycles. The number of anilines is 1. The summed E-state index contributed by atoms with van der Waals surface area (Å²) < 4.78 is 6.38. The second-order valence-corrected chi connectivity index (χ2v) is 4.62. The van der Waals surface area contributed by atoms with Crippen LogP contribution in [0.4, 0.5) is 5.69 Å². The van der Waals surface area contributed by atoms with Gasteiger partial charge in [-0.3, -0.25) is 0 Å². The SMILES string of the molecule is Nc1ccc2c(-c3ccccc3Br)onc2c1. The van der Waals surface area contributed by atoms with Crippen LogP contribution in [0.3, 0.4) is 0 Å². The number of fused-ring (bicyclic) bond motifs is 1. The lowest BCUT2D eigenvalue weighted by molar-refractivity contribution is 0.440. The van der Waals surface area contributed by atoms with E-state index in [0.717, 1.165) is 26.7 Å². The summed E-state index contributed by atoms with van der Waals surface area (Å²) in [6, 6.07) is 13.5. The number of nitrogen functional groups attached to an aromatic ring is 1. The largest absolute Gasteiger partial charge is 0.399 e. The summed E-state index contributed by atoms with van der Waals surface area (Å²) in [4.78, 5) is 0. The molecule has 1 heterocycles. The molecule has 0 radical (unpaired) electrons. The molecule has 84 valence electrons. The topological polar surface area (TPSA) is 52.0 Å². The summed E-state index contributed by atoms with van der Waals surface area (Å²) in [7, 11) is 0. The lowest BCUT2D eigenvalue weighted by Gasteiger charge is -1.99. The van der Waals surface area contributed by atoms with Crippen LogP contribution in [-0.4, -0.2) is 5.16 Å². The Morgan fingerprint density at radius 2 is 1.94 bits per heavy atom. The second kappa shape index (κ2) is 3.89. The van der Waals surface area contributed by atoms with Crippen LogP contribution >= 0.6 is 15.9 Å². The molecule has 1 aromatic heterocycles. The molecule has 3 rings (SSSR count). The molecule has 0 fully saturated rings. The van der Waals surface area contributed by atoms with Crippen LogP contribution in [0.25, 0.3) is 22.2 Å². The van der Waals surface area contributed by atoms with E-state index < -0.39 is 0 Å². The van der Waals surface area contributed by atoms with Gasteiger partial charge in [0.1, 0.15) is 5.52 Å². The van der Waals surface area contributed by atoms with E-state index in [1.165, 1.54) is 0 Å². The minimum atomic E-state index is 0.685. The standard InChI is InChI=1S/C13H9BrN2O/c14-11-4-2-1-3-9(11)13-10-6-5-8(15)7-12(10)16-17-13/h1-7H,15H2. The number of hydrogen-bond acceptors (Lipinski definition) is 3. The molecule has 0 spiro atoms. The number of nitrogens with zero attached hydrogens (tertiary/aromatic N) is 1. The summed E-state index contributed by atoms with van der Waals surface area (Å²) >= 11 is 3.51. The summed E-state index contributed by atoms with van der Waals surface area (Å²) in [5.74, 6) is 0.757. The molecule has 0 aliphatic heterocycles. The lowest BCUT2D eigenvalue weighted by Crippen LogP contribution is -1.83. The van der Waals surface area contributed by atoms with Crippen molar-refractivity contribution in [2.45, 2.75) is 0 Å². The smallest absolute Gasteiger partial charge is 0.175 e. The Kier molecular flexibility index (Phi) is 2.37. The monoisotopic (exact) mass is 288 g/mol. The molecule has 0 saturated heterocycles. The van der Waals surface area contributed by atoms with Gasteiger partial charge in [-0.25, -0.2) is 0 Å². The maximum atomic E-state index is 5.71. The molecular formula is C13H9BrN2O. The second-order valence-electron chi connectivity index (χ2n) is 3.77. The predicted molar refractivity (Wildman–Crippen MR) is 71.6 cm³/mol. The zero-order chi connectivity index (χ0) is 11.8. The maximum absolute atomic E-state index is 5.71. The number of nitrogens with two attached hydrogens (primary N) is 1. The highest BCUT2D eigenvalue weighted by Gasteiger charge is 2.12. The quantitative estimate of drug-likeness (QED) is 0.692. The van der Waals surface area contributed by atoms with Crippen molar-refractivity contribution >= 4 is 32.5 Å². The van der Waals surface area contributed by atoms with Gasteiger partial charge in [-0.15, -0.1) is 0 Å². The molecule has 17 heavy (non-hydrogen) atoms. The maximum Gasteiger partial charge on any atom is 0.175 e. The van der Waals surface area contributed by atoms with Gasteiger partial charge in [0.2, 0.25) is 0 Å². The average Bonchev–Trinajstić information content (AvgIpc) is 2.72. The first-order valence-corrected chi connectivity index (χ1v) is 5.95. The molecule has 3 nitrogen and oxygen atoms in total. The van der Waals surface area contributed by atoms with Gasteiger partial charge in [0.25, 0.3) is 0 Å². The highest BCUT2D eigenvalue weighted by atomic mass is 79.9. The number of hydrogen-bond donors (Lipinski definition) is 1. The summed E-state index contributed by atoms with van der Waals surface area (Å²) in [5, 5.41) is 4.99. The van der Waals surface area contributed by atoms with E-state index in [4.69, 9.17) is 10.3 Å². The van der Waals surface area contributed by atoms with Gasteiger partial charge in [0.15, 0.2) is 5.76 Å². The molecule has 2 aromatic carbocycles. The van der Waals surface area contributed by atoms with Gasteiger partial charge in [0.05, 0.1) is 0 Å². The number of halogens is 1. The highest BCUT2D eigenvalue weighted by Crippen LogP contribution is 2.33. The van der Waals surface area contributed by atoms with E-state index in [-0.39, 0.29) is 0 Å². The Morgan fingerprint density at radius 3 is 2.76 bits per heavy atom. The highest BCUT2D eigenvalue weighted by molar-refractivity contribution is 9.10. The third-order valence-corrected chi connectivity index (χ3v) is 3.31. The Morgan fingerprint density at radius 1 is 1.12 bits per heavy atom. The molecule has 0 amide bonds. The van der Waals surface area contributed by atoms with E-state index in [0.29, 0.717) is 5.69 Å². The summed E-state index contributed by atoms with van der Waals surface area (Å²) in [6.07, 6.45) is 0. The van der Waals surface area contributed by atoms with Crippen molar-refractivity contribution in [1.29, 1.82) is 0 Å². The van der Waals surface area contributed by atoms with Crippen molar-refractivity contribution in [3.05, 3.63) is 46.9 Å². The van der Waals surface area contributed by atoms with E-state index >= 15 is 0 Å².